The highest BCUT2D eigenvalue weighted by Crippen LogP contribution is 2.35. The summed E-state index contributed by atoms with van der Waals surface area (Å²) >= 11 is 9.88. The first-order chi connectivity index (χ1) is 8.19. The van der Waals surface area contributed by atoms with Crippen molar-refractivity contribution in [3.8, 4) is 11.3 Å². The van der Waals surface area contributed by atoms with Gasteiger partial charge in [-0.05, 0) is 35.3 Å². The molecule has 0 radical (unpaired) electrons. The van der Waals surface area contributed by atoms with Gasteiger partial charge in [-0.25, -0.2) is 0 Å². The molecule has 0 spiro atoms. The van der Waals surface area contributed by atoms with Crippen LogP contribution in [0.15, 0.2) is 28.7 Å². The Morgan fingerprint density at radius 1 is 1.29 bits per heavy atom. The first kappa shape index (κ1) is 12.7. The van der Waals surface area contributed by atoms with E-state index in [-0.39, 0.29) is 0 Å². The van der Waals surface area contributed by atoms with Crippen LogP contribution in [-0.4, -0.2) is 9.78 Å². The molecule has 1 aromatic heterocycles. The predicted octanol–water partition coefficient (Wildman–Crippen LogP) is 4.55. The molecule has 2 aromatic rings. The highest BCUT2D eigenvalue weighted by molar-refractivity contribution is 9.10. The number of halogens is 2. The molecule has 90 valence electrons. The summed E-state index contributed by atoms with van der Waals surface area (Å²) in [6.45, 7) is 5.02. The summed E-state index contributed by atoms with van der Waals surface area (Å²) in [5, 5.41) is 5.33. The van der Waals surface area contributed by atoms with Gasteiger partial charge >= 0.3 is 0 Å². The number of rotatable bonds is 3. The van der Waals surface area contributed by atoms with E-state index in [9.17, 15) is 0 Å². The first-order valence-corrected chi connectivity index (χ1v) is 6.86. The van der Waals surface area contributed by atoms with Gasteiger partial charge in [0.25, 0.3) is 0 Å². The van der Waals surface area contributed by atoms with E-state index in [0.29, 0.717) is 0 Å². The molecule has 1 heterocycles. The minimum absolute atomic E-state index is 0.755. The Balaban J connectivity index is 2.66. The summed E-state index contributed by atoms with van der Waals surface area (Å²) in [6, 6.07) is 7.86. The number of benzene rings is 1. The Kier molecular flexibility index (Phi) is 3.89. The third kappa shape index (κ3) is 2.26. The summed E-state index contributed by atoms with van der Waals surface area (Å²) in [4.78, 5) is 0. The molecule has 1 aromatic carbocycles. The lowest BCUT2D eigenvalue weighted by Gasteiger charge is -2.07. The van der Waals surface area contributed by atoms with Gasteiger partial charge in [-0.2, -0.15) is 5.10 Å². The molecule has 2 nitrogen and oxygen atoms in total. The molecule has 0 atom stereocenters. The molecule has 0 saturated heterocycles. The maximum atomic E-state index is 6.25. The van der Waals surface area contributed by atoms with Gasteiger partial charge in [0, 0.05) is 17.1 Å². The van der Waals surface area contributed by atoms with Crippen molar-refractivity contribution in [2.45, 2.75) is 26.8 Å². The quantitative estimate of drug-likeness (QED) is 0.813. The third-order valence-corrected chi connectivity index (χ3v) is 3.89. The summed E-state index contributed by atoms with van der Waals surface area (Å²) < 4.78 is 3.04. The van der Waals surface area contributed by atoms with Gasteiger partial charge in [-0.15, -0.1) is 0 Å². The summed E-state index contributed by atoms with van der Waals surface area (Å²) in [5.74, 6) is 0. The molecule has 0 unspecified atom stereocenters. The second-order valence-electron chi connectivity index (χ2n) is 3.76. The van der Waals surface area contributed by atoms with Crippen LogP contribution in [0, 0.1) is 0 Å². The molecule has 0 saturated carbocycles. The normalized spacial score (nSPS) is 10.8. The van der Waals surface area contributed by atoms with Crippen molar-refractivity contribution in [2.24, 2.45) is 0 Å². The molecule has 0 amide bonds. The van der Waals surface area contributed by atoms with Crippen molar-refractivity contribution in [2.75, 3.05) is 0 Å². The summed E-state index contributed by atoms with van der Waals surface area (Å²) in [5.41, 5.74) is 3.16. The lowest BCUT2D eigenvalue weighted by Crippen LogP contribution is -1.99. The van der Waals surface area contributed by atoms with Crippen molar-refractivity contribution in [1.82, 2.24) is 9.78 Å². The van der Waals surface area contributed by atoms with Crippen LogP contribution in [0.25, 0.3) is 11.3 Å². The fraction of sp³-hybridized carbons (Fsp3) is 0.308. The highest BCUT2D eigenvalue weighted by atomic mass is 79.9. The molecule has 0 fully saturated rings. The Morgan fingerprint density at radius 3 is 2.59 bits per heavy atom. The van der Waals surface area contributed by atoms with Crippen molar-refractivity contribution >= 4 is 27.5 Å². The molecule has 0 N–H and O–H groups in total. The van der Waals surface area contributed by atoms with Crippen LogP contribution < -0.4 is 0 Å². The van der Waals surface area contributed by atoms with Crippen LogP contribution in [0.5, 0.6) is 0 Å². The van der Waals surface area contributed by atoms with Crippen LogP contribution in [0.4, 0.5) is 0 Å². The minimum atomic E-state index is 0.755. The van der Waals surface area contributed by atoms with E-state index in [2.05, 4.69) is 34.9 Å². The van der Waals surface area contributed by atoms with Crippen molar-refractivity contribution in [3.05, 3.63) is 39.5 Å². The molecule has 0 aliphatic carbocycles. The van der Waals surface area contributed by atoms with Crippen molar-refractivity contribution in [3.63, 3.8) is 0 Å². The molecular weight excluding hydrogens is 300 g/mol. The topological polar surface area (TPSA) is 17.8 Å². The van der Waals surface area contributed by atoms with Gasteiger partial charge in [0.1, 0.15) is 0 Å². The van der Waals surface area contributed by atoms with E-state index in [1.807, 2.05) is 28.9 Å². The average Bonchev–Trinajstić information content (AvgIpc) is 2.66. The third-order valence-electron chi connectivity index (χ3n) is 2.72. The molecule has 0 aliphatic rings. The lowest BCUT2D eigenvalue weighted by molar-refractivity contribution is 0.655. The van der Waals surface area contributed by atoms with Crippen molar-refractivity contribution < 1.29 is 0 Å². The van der Waals surface area contributed by atoms with Gasteiger partial charge in [0.2, 0.25) is 0 Å². The Bertz CT molecular complexity index is 534. The van der Waals surface area contributed by atoms with Crippen LogP contribution in [0.1, 0.15) is 19.5 Å². The van der Waals surface area contributed by atoms with E-state index < -0.39 is 0 Å². The fourth-order valence-electron chi connectivity index (χ4n) is 1.85. The van der Waals surface area contributed by atoms with Gasteiger partial charge in [0.15, 0.2) is 0 Å². The number of nitrogens with zero attached hydrogens (tertiary/aromatic N) is 2. The fourth-order valence-corrected chi connectivity index (χ4v) is 2.86. The number of aryl methyl sites for hydroxylation is 2. The zero-order chi connectivity index (χ0) is 12.4. The number of aromatic nitrogens is 2. The van der Waals surface area contributed by atoms with E-state index >= 15 is 0 Å². The summed E-state index contributed by atoms with van der Waals surface area (Å²) in [6.07, 6.45) is 0.908. The smallest absolute Gasteiger partial charge is 0.0842 e. The molecule has 4 heteroatoms. The average molecular weight is 314 g/mol. The Hall–Kier alpha value is -0.800. The first-order valence-electron chi connectivity index (χ1n) is 5.69. The van der Waals surface area contributed by atoms with Gasteiger partial charge in [0.05, 0.1) is 15.9 Å². The highest BCUT2D eigenvalue weighted by Gasteiger charge is 2.17. The van der Waals surface area contributed by atoms with Gasteiger partial charge in [-0.1, -0.05) is 36.7 Å². The number of hydrogen-bond acceptors (Lipinski definition) is 1. The molecule has 2 rings (SSSR count). The second kappa shape index (κ2) is 5.23. The lowest BCUT2D eigenvalue weighted by atomic mass is 10.1. The van der Waals surface area contributed by atoms with Gasteiger partial charge < -0.3 is 0 Å². The van der Waals surface area contributed by atoms with Crippen LogP contribution in [0.2, 0.25) is 5.02 Å². The van der Waals surface area contributed by atoms with Crippen LogP contribution in [0.3, 0.4) is 0 Å². The molecule has 0 bridgehead atoms. The van der Waals surface area contributed by atoms with E-state index in [0.717, 1.165) is 39.4 Å². The Labute approximate surface area is 115 Å². The molecule has 0 aliphatic heterocycles. The second-order valence-corrected chi connectivity index (χ2v) is 4.96. The SMILES string of the molecule is CCc1nn(CC)c(-c2ccccc2Cl)c1Br. The van der Waals surface area contributed by atoms with Crippen LogP contribution >= 0.6 is 27.5 Å². The summed E-state index contributed by atoms with van der Waals surface area (Å²) in [7, 11) is 0. The molecule has 17 heavy (non-hydrogen) atoms. The van der Waals surface area contributed by atoms with E-state index in [1.165, 1.54) is 0 Å². The van der Waals surface area contributed by atoms with E-state index in [1.54, 1.807) is 0 Å². The maximum Gasteiger partial charge on any atom is 0.0842 e. The zero-order valence-electron chi connectivity index (χ0n) is 9.87. The minimum Gasteiger partial charge on any atom is -0.264 e. The predicted molar refractivity (Wildman–Crippen MR) is 75.4 cm³/mol. The standard InChI is InChI=1S/C13H14BrClN2/c1-3-11-12(14)13(17(4-2)16-11)9-7-5-6-8-10(9)15/h5-8H,3-4H2,1-2H3. The maximum absolute atomic E-state index is 6.25. The van der Waals surface area contributed by atoms with Crippen LogP contribution in [-0.2, 0) is 13.0 Å². The Morgan fingerprint density at radius 2 is 2.00 bits per heavy atom. The number of hydrogen-bond donors (Lipinski definition) is 0. The monoisotopic (exact) mass is 312 g/mol. The van der Waals surface area contributed by atoms with Gasteiger partial charge in [-0.3, -0.25) is 4.68 Å². The van der Waals surface area contributed by atoms with Crippen molar-refractivity contribution in [1.29, 1.82) is 0 Å². The zero-order valence-corrected chi connectivity index (χ0v) is 12.2. The largest absolute Gasteiger partial charge is 0.264 e. The molecular formula is C13H14BrClN2. The van der Waals surface area contributed by atoms with E-state index in [4.69, 9.17) is 11.6 Å².